The van der Waals surface area contributed by atoms with Gasteiger partial charge in [0.2, 0.25) is 0 Å². The van der Waals surface area contributed by atoms with Crippen molar-refractivity contribution in [1.29, 1.82) is 0 Å². The fourth-order valence-corrected chi connectivity index (χ4v) is 4.20. The van der Waals surface area contributed by atoms with Crippen molar-refractivity contribution < 1.29 is 0 Å². The largest absolute Gasteiger partial charge is 0.308 e. The van der Waals surface area contributed by atoms with Gasteiger partial charge < -0.3 is 5.32 Å². The third-order valence-corrected chi connectivity index (χ3v) is 5.78. The van der Waals surface area contributed by atoms with Crippen LogP contribution in [0.25, 0.3) is 0 Å². The molecule has 20 heavy (non-hydrogen) atoms. The summed E-state index contributed by atoms with van der Waals surface area (Å²) in [6.45, 7) is 5.83. The minimum absolute atomic E-state index is 0.425. The summed E-state index contributed by atoms with van der Waals surface area (Å²) in [4.78, 5) is 2.73. The molecule has 0 radical (unpaired) electrons. The van der Waals surface area contributed by atoms with Crippen LogP contribution in [0, 0.1) is 3.57 Å². The first-order valence-corrected chi connectivity index (χ1v) is 9.02. The molecule has 3 rings (SSSR count). The van der Waals surface area contributed by atoms with E-state index in [4.69, 9.17) is 0 Å². The van der Waals surface area contributed by atoms with E-state index < -0.39 is 0 Å². The Morgan fingerprint density at radius 2 is 1.95 bits per heavy atom. The molecule has 1 atom stereocenters. The quantitative estimate of drug-likeness (QED) is 0.798. The molecule has 2 nitrogen and oxygen atoms in total. The van der Waals surface area contributed by atoms with E-state index in [9.17, 15) is 0 Å². The first kappa shape index (κ1) is 14.8. The second-order valence-corrected chi connectivity index (χ2v) is 7.71. The Morgan fingerprint density at radius 1 is 1.25 bits per heavy atom. The lowest BCUT2D eigenvalue weighted by Crippen LogP contribution is -2.62. The zero-order valence-electron chi connectivity index (χ0n) is 12.4. The maximum Gasteiger partial charge on any atom is 0.0309 e. The van der Waals surface area contributed by atoms with Gasteiger partial charge in [0.1, 0.15) is 0 Å². The van der Waals surface area contributed by atoms with Gasteiger partial charge in [0.25, 0.3) is 0 Å². The van der Waals surface area contributed by atoms with Crippen molar-refractivity contribution in [2.75, 3.05) is 13.1 Å². The summed E-state index contributed by atoms with van der Waals surface area (Å²) in [5.41, 5.74) is 1.88. The van der Waals surface area contributed by atoms with Crippen LogP contribution in [0.1, 0.15) is 44.6 Å². The molecule has 110 valence electrons. The second-order valence-electron chi connectivity index (χ2n) is 6.46. The van der Waals surface area contributed by atoms with Crippen molar-refractivity contribution in [2.24, 2.45) is 0 Å². The molecule has 1 aliphatic carbocycles. The van der Waals surface area contributed by atoms with Crippen LogP contribution >= 0.6 is 22.6 Å². The van der Waals surface area contributed by atoms with Crippen LogP contribution in [0.5, 0.6) is 0 Å². The van der Waals surface area contributed by atoms with Crippen LogP contribution < -0.4 is 5.32 Å². The lowest BCUT2D eigenvalue weighted by atomic mass is 9.91. The highest BCUT2D eigenvalue weighted by molar-refractivity contribution is 14.1. The van der Waals surface area contributed by atoms with Crippen molar-refractivity contribution in [2.45, 2.75) is 57.2 Å². The van der Waals surface area contributed by atoms with E-state index in [-0.39, 0.29) is 0 Å². The number of piperazine rings is 1. The molecule has 2 aliphatic rings. The molecule has 1 heterocycles. The molecule has 0 bridgehead atoms. The normalized spacial score (nSPS) is 26.2. The number of nitrogens with one attached hydrogen (secondary N) is 1. The van der Waals surface area contributed by atoms with Gasteiger partial charge in [-0.2, -0.15) is 0 Å². The van der Waals surface area contributed by atoms with Crippen molar-refractivity contribution in [3.63, 3.8) is 0 Å². The predicted molar refractivity (Wildman–Crippen MR) is 92.8 cm³/mol. The summed E-state index contributed by atoms with van der Waals surface area (Å²) >= 11 is 2.38. The van der Waals surface area contributed by atoms with Gasteiger partial charge in [0.15, 0.2) is 0 Å². The summed E-state index contributed by atoms with van der Waals surface area (Å²) < 4.78 is 1.32. The van der Waals surface area contributed by atoms with Crippen LogP contribution in [0.2, 0.25) is 0 Å². The molecule has 1 spiro atoms. The number of hydrogen-bond acceptors (Lipinski definition) is 2. The summed E-state index contributed by atoms with van der Waals surface area (Å²) in [5.74, 6) is 0. The fourth-order valence-electron chi connectivity index (χ4n) is 3.84. The first-order chi connectivity index (χ1) is 9.71. The van der Waals surface area contributed by atoms with Gasteiger partial charge in [-0.15, -0.1) is 0 Å². The Balaban J connectivity index is 1.72. The third-order valence-electron chi connectivity index (χ3n) is 5.07. The van der Waals surface area contributed by atoms with Gasteiger partial charge in [-0.1, -0.05) is 31.9 Å². The van der Waals surface area contributed by atoms with E-state index in [1.807, 2.05) is 0 Å². The van der Waals surface area contributed by atoms with Gasteiger partial charge in [-0.05, 0) is 59.5 Å². The summed E-state index contributed by atoms with van der Waals surface area (Å²) in [6, 6.07) is 9.73. The van der Waals surface area contributed by atoms with Crippen LogP contribution in [0.15, 0.2) is 24.3 Å². The number of rotatable bonds is 3. The average Bonchev–Trinajstić information content (AvgIpc) is 2.90. The molecule has 1 saturated heterocycles. The molecule has 1 aromatic carbocycles. The van der Waals surface area contributed by atoms with Crippen LogP contribution in [-0.4, -0.2) is 29.6 Å². The Bertz CT molecular complexity index is 437. The average molecular weight is 384 g/mol. The van der Waals surface area contributed by atoms with Gasteiger partial charge in [-0.3, -0.25) is 4.90 Å². The zero-order valence-corrected chi connectivity index (χ0v) is 14.5. The highest BCUT2D eigenvalue weighted by Crippen LogP contribution is 2.34. The Hall–Kier alpha value is -0.130. The minimum Gasteiger partial charge on any atom is -0.308 e. The predicted octanol–water partition coefficient (Wildman–Crippen LogP) is 3.79. The zero-order chi connectivity index (χ0) is 14.0. The van der Waals surface area contributed by atoms with Crippen molar-refractivity contribution in [1.82, 2.24) is 10.2 Å². The molecule has 2 fully saturated rings. The van der Waals surface area contributed by atoms with E-state index in [0.29, 0.717) is 11.6 Å². The molecule has 1 aliphatic heterocycles. The molecule has 1 aromatic rings. The van der Waals surface area contributed by atoms with E-state index in [0.717, 1.165) is 6.54 Å². The number of benzene rings is 1. The van der Waals surface area contributed by atoms with Crippen molar-refractivity contribution >= 4 is 22.6 Å². The molecule has 1 saturated carbocycles. The van der Waals surface area contributed by atoms with E-state index in [2.05, 4.69) is 64.0 Å². The van der Waals surface area contributed by atoms with E-state index in [1.165, 1.54) is 54.3 Å². The summed E-state index contributed by atoms with van der Waals surface area (Å²) in [7, 11) is 0. The Kier molecular flexibility index (Phi) is 4.68. The fraction of sp³-hybridized carbons (Fsp3) is 0.647. The molecule has 3 heteroatoms. The van der Waals surface area contributed by atoms with Gasteiger partial charge in [0.05, 0.1) is 0 Å². The SMILES string of the molecule is CCC1CNC2(CCCC2)CN1Cc1ccc(I)cc1. The molecule has 0 amide bonds. The molecule has 1 N–H and O–H groups in total. The highest BCUT2D eigenvalue weighted by atomic mass is 127. The topological polar surface area (TPSA) is 15.3 Å². The summed E-state index contributed by atoms with van der Waals surface area (Å²) in [5, 5.41) is 3.88. The maximum absolute atomic E-state index is 3.88. The molecular formula is C17H25IN2. The standard InChI is InChI=1S/C17H25IN2/c1-2-16-11-19-17(9-3-4-10-17)13-20(16)12-14-5-7-15(18)8-6-14/h5-8,16,19H,2-4,9-13H2,1H3. The smallest absolute Gasteiger partial charge is 0.0309 e. The lowest BCUT2D eigenvalue weighted by Gasteiger charge is -2.46. The maximum atomic E-state index is 3.88. The van der Waals surface area contributed by atoms with Crippen LogP contribution in [0.3, 0.4) is 0 Å². The molecule has 1 unspecified atom stereocenters. The number of halogens is 1. The van der Waals surface area contributed by atoms with Gasteiger partial charge >= 0.3 is 0 Å². The minimum atomic E-state index is 0.425. The van der Waals surface area contributed by atoms with Crippen molar-refractivity contribution in [3.8, 4) is 0 Å². The monoisotopic (exact) mass is 384 g/mol. The van der Waals surface area contributed by atoms with E-state index >= 15 is 0 Å². The van der Waals surface area contributed by atoms with Crippen LogP contribution in [-0.2, 0) is 6.54 Å². The molecular weight excluding hydrogens is 359 g/mol. The number of hydrogen-bond donors (Lipinski definition) is 1. The van der Waals surface area contributed by atoms with E-state index in [1.54, 1.807) is 0 Å². The highest BCUT2D eigenvalue weighted by Gasteiger charge is 2.40. The molecule has 0 aromatic heterocycles. The Morgan fingerprint density at radius 3 is 2.60 bits per heavy atom. The van der Waals surface area contributed by atoms with Gasteiger partial charge in [-0.25, -0.2) is 0 Å². The van der Waals surface area contributed by atoms with Crippen molar-refractivity contribution in [3.05, 3.63) is 33.4 Å². The number of nitrogens with zero attached hydrogens (tertiary/aromatic N) is 1. The summed E-state index contributed by atoms with van der Waals surface area (Å²) in [6.07, 6.45) is 6.79. The Labute approximate surface area is 136 Å². The van der Waals surface area contributed by atoms with Crippen LogP contribution in [0.4, 0.5) is 0 Å². The first-order valence-electron chi connectivity index (χ1n) is 7.94. The third kappa shape index (κ3) is 3.20. The second kappa shape index (κ2) is 6.32. The lowest BCUT2D eigenvalue weighted by molar-refractivity contribution is 0.0718. The van der Waals surface area contributed by atoms with Gasteiger partial charge in [0, 0.05) is 34.8 Å².